The van der Waals surface area contributed by atoms with Gasteiger partial charge in [0.15, 0.2) is 0 Å². The lowest BCUT2D eigenvalue weighted by atomic mass is 10.1. The Kier molecular flexibility index (Phi) is 4.39. The Balaban J connectivity index is 1.94. The molecule has 0 saturated carbocycles. The topological polar surface area (TPSA) is 54.4 Å². The van der Waals surface area contributed by atoms with Crippen molar-refractivity contribution in [3.63, 3.8) is 0 Å². The van der Waals surface area contributed by atoms with E-state index in [1.165, 1.54) is 11.8 Å². The third-order valence-electron chi connectivity index (χ3n) is 2.69. The normalized spacial score (nSPS) is 10.6. The molecule has 0 spiro atoms. The lowest BCUT2D eigenvalue weighted by Gasteiger charge is -1.99. The average molecular weight is 253 g/mol. The van der Waals surface area contributed by atoms with Crippen molar-refractivity contribution in [3.8, 4) is 0 Å². The molecule has 1 N–H and O–H groups in total. The maximum absolute atomic E-state index is 11.7. The van der Waals surface area contributed by atoms with Gasteiger partial charge in [-0.3, -0.25) is 9.78 Å². The summed E-state index contributed by atoms with van der Waals surface area (Å²) in [7, 11) is 0. The zero-order valence-electron chi connectivity index (χ0n) is 10.7. The Labute approximate surface area is 112 Å². The molecule has 1 amide bonds. The molecule has 0 aliphatic rings. The van der Waals surface area contributed by atoms with Crippen LogP contribution in [-0.4, -0.2) is 17.1 Å². The highest BCUT2D eigenvalue weighted by Crippen LogP contribution is 2.02. The molecule has 0 aliphatic heterocycles. The fourth-order valence-corrected chi connectivity index (χ4v) is 1.57. The summed E-state index contributed by atoms with van der Waals surface area (Å²) >= 11 is 0. The molecule has 0 bridgehead atoms. The van der Waals surface area contributed by atoms with Crippen molar-refractivity contribution in [2.75, 3.05) is 0 Å². The molecule has 0 radical (unpaired) electrons. The van der Waals surface area contributed by atoms with Crippen molar-refractivity contribution in [2.24, 2.45) is 5.10 Å². The van der Waals surface area contributed by atoms with Crippen molar-refractivity contribution >= 4 is 12.1 Å². The van der Waals surface area contributed by atoms with Gasteiger partial charge in [-0.05, 0) is 29.7 Å². The third kappa shape index (κ3) is 3.74. The van der Waals surface area contributed by atoms with Crippen molar-refractivity contribution in [2.45, 2.75) is 13.3 Å². The zero-order chi connectivity index (χ0) is 13.5. The molecule has 0 saturated heterocycles. The van der Waals surface area contributed by atoms with E-state index in [4.69, 9.17) is 0 Å². The first-order chi connectivity index (χ1) is 9.29. The Morgan fingerprint density at radius 1 is 1.32 bits per heavy atom. The summed E-state index contributed by atoms with van der Waals surface area (Å²) in [5, 5.41) is 3.92. The molecule has 4 heteroatoms. The Bertz CT molecular complexity index is 562. The SMILES string of the molecule is CCc1ccc(C=NNC(=O)c2cccnc2)cc1. The molecule has 0 fully saturated rings. The van der Waals surface area contributed by atoms with Gasteiger partial charge in [0.2, 0.25) is 0 Å². The van der Waals surface area contributed by atoms with Crippen LogP contribution in [0.15, 0.2) is 53.9 Å². The van der Waals surface area contributed by atoms with Crippen LogP contribution in [0.1, 0.15) is 28.4 Å². The summed E-state index contributed by atoms with van der Waals surface area (Å²) in [4.78, 5) is 15.5. The molecule has 96 valence electrons. The summed E-state index contributed by atoms with van der Waals surface area (Å²) in [6, 6.07) is 11.4. The number of nitrogens with zero attached hydrogens (tertiary/aromatic N) is 2. The van der Waals surface area contributed by atoms with E-state index in [0.29, 0.717) is 5.56 Å². The van der Waals surface area contributed by atoms with E-state index in [1.54, 1.807) is 24.5 Å². The van der Waals surface area contributed by atoms with Crippen molar-refractivity contribution in [3.05, 3.63) is 65.5 Å². The van der Waals surface area contributed by atoms with Crippen LogP contribution >= 0.6 is 0 Å². The first-order valence-corrected chi connectivity index (χ1v) is 6.12. The number of carbonyl (C=O) groups excluding carboxylic acids is 1. The van der Waals surface area contributed by atoms with Crippen LogP contribution in [0.5, 0.6) is 0 Å². The fourth-order valence-electron chi connectivity index (χ4n) is 1.57. The van der Waals surface area contributed by atoms with Crippen LogP contribution in [-0.2, 0) is 6.42 Å². The lowest BCUT2D eigenvalue weighted by molar-refractivity contribution is 0.0955. The number of aryl methyl sites for hydroxylation is 1. The number of rotatable bonds is 4. The van der Waals surface area contributed by atoms with E-state index >= 15 is 0 Å². The van der Waals surface area contributed by atoms with E-state index in [-0.39, 0.29) is 5.91 Å². The van der Waals surface area contributed by atoms with Gasteiger partial charge in [-0.15, -0.1) is 0 Å². The molecule has 1 heterocycles. The number of nitrogens with one attached hydrogen (secondary N) is 1. The van der Waals surface area contributed by atoms with Crippen molar-refractivity contribution in [1.29, 1.82) is 0 Å². The predicted molar refractivity (Wildman–Crippen MR) is 75.1 cm³/mol. The summed E-state index contributed by atoms with van der Waals surface area (Å²) in [6.45, 7) is 2.11. The minimum Gasteiger partial charge on any atom is -0.267 e. The summed E-state index contributed by atoms with van der Waals surface area (Å²) in [5.74, 6) is -0.269. The number of pyridine rings is 1. The smallest absolute Gasteiger partial charge is 0.267 e. The van der Waals surface area contributed by atoms with Crippen LogP contribution in [0.4, 0.5) is 0 Å². The van der Waals surface area contributed by atoms with Gasteiger partial charge < -0.3 is 0 Å². The van der Waals surface area contributed by atoms with Crippen LogP contribution in [0, 0.1) is 0 Å². The van der Waals surface area contributed by atoms with Gasteiger partial charge in [0.25, 0.3) is 5.91 Å². The van der Waals surface area contributed by atoms with Gasteiger partial charge in [-0.1, -0.05) is 31.2 Å². The maximum Gasteiger partial charge on any atom is 0.272 e. The number of hydrogen-bond acceptors (Lipinski definition) is 3. The summed E-state index contributed by atoms with van der Waals surface area (Å²) < 4.78 is 0. The summed E-state index contributed by atoms with van der Waals surface area (Å²) in [6.07, 6.45) is 5.75. The van der Waals surface area contributed by atoms with Crippen LogP contribution < -0.4 is 5.43 Å². The monoisotopic (exact) mass is 253 g/mol. The zero-order valence-corrected chi connectivity index (χ0v) is 10.7. The summed E-state index contributed by atoms with van der Waals surface area (Å²) in [5.41, 5.74) is 5.18. The molecular formula is C15H15N3O. The van der Waals surface area contributed by atoms with Gasteiger partial charge in [-0.25, -0.2) is 5.43 Å². The van der Waals surface area contributed by atoms with Gasteiger partial charge in [-0.2, -0.15) is 5.10 Å². The van der Waals surface area contributed by atoms with Gasteiger partial charge in [0.1, 0.15) is 0 Å². The fraction of sp³-hybridized carbons (Fsp3) is 0.133. The first kappa shape index (κ1) is 13.0. The van der Waals surface area contributed by atoms with E-state index in [0.717, 1.165) is 12.0 Å². The largest absolute Gasteiger partial charge is 0.272 e. The highest BCUT2D eigenvalue weighted by Gasteiger charge is 2.02. The molecule has 1 aromatic carbocycles. The molecule has 0 atom stereocenters. The van der Waals surface area contributed by atoms with E-state index in [2.05, 4.69) is 22.4 Å². The standard InChI is InChI=1S/C15H15N3O/c1-2-12-5-7-13(8-6-12)10-17-18-15(19)14-4-3-9-16-11-14/h3-11H,2H2,1H3,(H,18,19). The second-order valence-corrected chi connectivity index (χ2v) is 4.04. The van der Waals surface area contributed by atoms with E-state index in [1.807, 2.05) is 24.3 Å². The maximum atomic E-state index is 11.7. The number of carbonyl (C=O) groups is 1. The Hall–Kier alpha value is -2.49. The third-order valence-corrected chi connectivity index (χ3v) is 2.69. The second-order valence-electron chi connectivity index (χ2n) is 4.04. The minimum absolute atomic E-state index is 0.269. The van der Waals surface area contributed by atoms with Gasteiger partial charge >= 0.3 is 0 Å². The first-order valence-electron chi connectivity index (χ1n) is 6.12. The molecule has 0 unspecified atom stereocenters. The molecule has 2 aromatic rings. The molecular weight excluding hydrogens is 238 g/mol. The number of hydrazone groups is 1. The Morgan fingerprint density at radius 3 is 2.74 bits per heavy atom. The molecule has 19 heavy (non-hydrogen) atoms. The van der Waals surface area contributed by atoms with Crippen molar-refractivity contribution < 1.29 is 4.79 Å². The number of aromatic nitrogens is 1. The molecule has 4 nitrogen and oxygen atoms in total. The minimum atomic E-state index is -0.269. The average Bonchev–Trinajstić information content (AvgIpc) is 2.49. The van der Waals surface area contributed by atoms with Gasteiger partial charge in [0.05, 0.1) is 11.8 Å². The van der Waals surface area contributed by atoms with Crippen molar-refractivity contribution in [1.82, 2.24) is 10.4 Å². The predicted octanol–water partition coefficient (Wildman–Crippen LogP) is 2.41. The molecule has 2 rings (SSSR count). The quantitative estimate of drug-likeness (QED) is 0.672. The molecule has 0 aliphatic carbocycles. The van der Waals surface area contributed by atoms with Gasteiger partial charge in [0, 0.05) is 12.4 Å². The number of benzene rings is 1. The molecule has 1 aromatic heterocycles. The van der Waals surface area contributed by atoms with E-state index < -0.39 is 0 Å². The highest BCUT2D eigenvalue weighted by atomic mass is 16.2. The number of hydrogen-bond donors (Lipinski definition) is 1. The lowest BCUT2D eigenvalue weighted by Crippen LogP contribution is -2.17. The highest BCUT2D eigenvalue weighted by molar-refractivity contribution is 5.94. The second kappa shape index (κ2) is 6.44. The number of amides is 1. The van der Waals surface area contributed by atoms with Crippen LogP contribution in [0.3, 0.4) is 0 Å². The van der Waals surface area contributed by atoms with Crippen LogP contribution in [0.2, 0.25) is 0 Å². The van der Waals surface area contributed by atoms with E-state index in [9.17, 15) is 4.79 Å². The van der Waals surface area contributed by atoms with Crippen LogP contribution in [0.25, 0.3) is 0 Å². The Morgan fingerprint density at radius 2 is 2.11 bits per heavy atom.